The van der Waals surface area contributed by atoms with Gasteiger partial charge in [0.2, 0.25) is 0 Å². The number of hydrogen-bond acceptors (Lipinski definition) is 4. The highest BCUT2D eigenvalue weighted by Crippen LogP contribution is 2.11. The van der Waals surface area contributed by atoms with Gasteiger partial charge in [0.1, 0.15) is 17.8 Å². The molecule has 3 rings (SSSR count). The maximum Gasteiger partial charge on any atom is 0.270 e. The Morgan fingerprint density at radius 3 is 2.48 bits per heavy atom. The highest BCUT2D eigenvalue weighted by atomic mass is 35.5. The van der Waals surface area contributed by atoms with Gasteiger partial charge in [0.15, 0.2) is 0 Å². The van der Waals surface area contributed by atoms with Crippen LogP contribution < -0.4 is 10.6 Å². The van der Waals surface area contributed by atoms with Gasteiger partial charge in [0.05, 0.1) is 0 Å². The lowest BCUT2D eigenvalue weighted by Gasteiger charge is -2.08. The van der Waals surface area contributed by atoms with Gasteiger partial charge >= 0.3 is 0 Å². The summed E-state index contributed by atoms with van der Waals surface area (Å²) in [4.78, 5) is 20.5. The Balaban J connectivity index is 1.48. The van der Waals surface area contributed by atoms with Gasteiger partial charge < -0.3 is 10.6 Å². The van der Waals surface area contributed by atoms with E-state index >= 15 is 0 Å². The standard InChI is InChI=1S/C21H21ClN4O/c22-18-8-4-7-17(13-18)10-11-23-20-14-19(25-15-26-20)21(27)24-12-9-16-5-2-1-3-6-16/h1-8,13-15H,9-12H2,(H,24,27)(H,23,25,26). The quantitative estimate of drug-likeness (QED) is 0.624. The first kappa shape index (κ1) is 18.9. The Labute approximate surface area is 163 Å². The molecule has 0 aliphatic carbocycles. The predicted octanol–water partition coefficient (Wildman–Crippen LogP) is 3.76. The number of carbonyl (C=O) groups is 1. The van der Waals surface area contributed by atoms with Gasteiger partial charge in [-0.25, -0.2) is 9.97 Å². The maximum absolute atomic E-state index is 12.3. The summed E-state index contributed by atoms with van der Waals surface area (Å²) in [6, 6.07) is 19.4. The lowest BCUT2D eigenvalue weighted by atomic mass is 10.1. The Kier molecular flexibility index (Phi) is 6.77. The summed E-state index contributed by atoms with van der Waals surface area (Å²) in [5.74, 6) is 0.423. The van der Waals surface area contributed by atoms with E-state index in [-0.39, 0.29) is 5.91 Å². The second kappa shape index (κ2) is 9.69. The number of rotatable bonds is 8. The molecule has 1 aromatic heterocycles. The summed E-state index contributed by atoms with van der Waals surface area (Å²) in [6.45, 7) is 1.25. The van der Waals surface area contributed by atoms with Gasteiger partial charge in [-0.3, -0.25) is 4.79 Å². The van der Waals surface area contributed by atoms with Gasteiger partial charge in [-0.15, -0.1) is 0 Å². The third-order valence-corrected chi connectivity index (χ3v) is 4.29. The van der Waals surface area contributed by atoms with Crippen molar-refractivity contribution in [2.45, 2.75) is 12.8 Å². The number of amides is 1. The molecule has 0 spiro atoms. The zero-order valence-electron chi connectivity index (χ0n) is 14.9. The van der Waals surface area contributed by atoms with Crippen LogP contribution in [0.3, 0.4) is 0 Å². The minimum absolute atomic E-state index is 0.203. The van der Waals surface area contributed by atoms with Crippen LogP contribution in [0.4, 0.5) is 5.82 Å². The number of hydrogen-bond donors (Lipinski definition) is 2. The number of benzene rings is 2. The highest BCUT2D eigenvalue weighted by Gasteiger charge is 2.08. The van der Waals surface area contributed by atoms with Crippen molar-refractivity contribution in [2.75, 3.05) is 18.4 Å². The van der Waals surface area contributed by atoms with Crippen LogP contribution in [0.2, 0.25) is 5.02 Å². The fraction of sp³-hybridized carbons (Fsp3) is 0.190. The summed E-state index contributed by atoms with van der Waals surface area (Å²) < 4.78 is 0. The summed E-state index contributed by atoms with van der Waals surface area (Å²) in [5, 5.41) is 6.83. The van der Waals surface area contributed by atoms with E-state index in [0.717, 1.165) is 23.4 Å². The van der Waals surface area contributed by atoms with E-state index in [0.29, 0.717) is 24.6 Å². The first-order chi connectivity index (χ1) is 13.2. The van der Waals surface area contributed by atoms with Gasteiger partial charge in [-0.1, -0.05) is 54.1 Å². The molecule has 1 amide bonds. The van der Waals surface area contributed by atoms with Crippen molar-refractivity contribution in [3.63, 3.8) is 0 Å². The molecule has 0 saturated heterocycles. The van der Waals surface area contributed by atoms with Crippen molar-refractivity contribution in [3.8, 4) is 0 Å². The second-order valence-corrected chi connectivity index (χ2v) is 6.52. The number of halogens is 1. The van der Waals surface area contributed by atoms with Crippen molar-refractivity contribution >= 4 is 23.3 Å². The van der Waals surface area contributed by atoms with Gasteiger partial charge in [0, 0.05) is 24.2 Å². The summed E-state index contributed by atoms with van der Waals surface area (Å²) in [6.07, 6.45) is 2.99. The minimum Gasteiger partial charge on any atom is -0.370 e. The normalized spacial score (nSPS) is 10.4. The molecule has 2 aromatic carbocycles. The number of nitrogens with zero attached hydrogens (tertiary/aromatic N) is 2. The van der Waals surface area contributed by atoms with Crippen molar-refractivity contribution in [3.05, 3.63) is 88.8 Å². The first-order valence-electron chi connectivity index (χ1n) is 8.83. The molecule has 2 N–H and O–H groups in total. The zero-order chi connectivity index (χ0) is 18.9. The fourth-order valence-electron chi connectivity index (χ4n) is 2.66. The average Bonchev–Trinajstić information content (AvgIpc) is 2.69. The van der Waals surface area contributed by atoms with E-state index in [1.54, 1.807) is 6.07 Å². The van der Waals surface area contributed by atoms with Crippen molar-refractivity contribution in [1.29, 1.82) is 0 Å². The van der Waals surface area contributed by atoms with Crippen LogP contribution in [0, 0.1) is 0 Å². The van der Waals surface area contributed by atoms with E-state index in [1.807, 2.05) is 54.6 Å². The fourth-order valence-corrected chi connectivity index (χ4v) is 2.87. The lowest BCUT2D eigenvalue weighted by molar-refractivity contribution is 0.0949. The molecule has 0 bridgehead atoms. The average molecular weight is 381 g/mol. The van der Waals surface area contributed by atoms with Crippen molar-refractivity contribution < 1.29 is 4.79 Å². The van der Waals surface area contributed by atoms with E-state index in [2.05, 4.69) is 20.6 Å². The highest BCUT2D eigenvalue weighted by molar-refractivity contribution is 6.30. The SMILES string of the molecule is O=C(NCCc1ccccc1)c1cc(NCCc2cccc(Cl)c2)ncn1. The Morgan fingerprint density at radius 2 is 1.67 bits per heavy atom. The van der Waals surface area contributed by atoms with Gasteiger partial charge in [-0.2, -0.15) is 0 Å². The van der Waals surface area contributed by atoms with Crippen LogP contribution in [0.25, 0.3) is 0 Å². The van der Waals surface area contributed by atoms with Crippen LogP contribution in [-0.2, 0) is 12.8 Å². The molecule has 0 unspecified atom stereocenters. The van der Waals surface area contributed by atoms with Crippen LogP contribution >= 0.6 is 11.6 Å². The molecular formula is C21H21ClN4O. The van der Waals surface area contributed by atoms with E-state index < -0.39 is 0 Å². The lowest BCUT2D eigenvalue weighted by Crippen LogP contribution is -2.26. The summed E-state index contributed by atoms with van der Waals surface area (Å²) in [7, 11) is 0. The van der Waals surface area contributed by atoms with E-state index in [4.69, 9.17) is 11.6 Å². The smallest absolute Gasteiger partial charge is 0.270 e. The molecule has 0 aliphatic heterocycles. The molecular weight excluding hydrogens is 360 g/mol. The molecule has 0 fully saturated rings. The monoisotopic (exact) mass is 380 g/mol. The molecule has 0 aliphatic rings. The molecule has 5 nitrogen and oxygen atoms in total. The van der Waals surface area contributed by atoms with Crippen LogP contribution in [0.5, 0.6) is 0 Å². The number of nitrogens with one attached hydrogen (secondary N) is 2. The third-order valence-electron chi connectivity index (χ3n) is 4.05. The maximum atomic E-state index is 12.3. The van der Waals surface area contributed by atoms with Gasteiger partial charge in [0.25, 0.3) is 5.91 Å². The minimum atomic E-state index is -0.203. The van der Waals surface area contributed by atoms with Crippen LogP contribution in [0.1, 0.15) is 21.6 Å². The number of anilines is 1. The Bertz CT molecular complexity index is 886. The molecule has 1 heterocycles. The molecule has 27 heavy (non-hydrogen) atoms. The largest absolute Gasteiger partial charge is 0.370 e. The molecule has 3 aromatic rings. The van der Waals surface area contributed by atoms with Crippen molar-refractivity contribution in [1.82, 2.24) is 15.3 Å². The van der Waals surface area contributed by atoms with E-state index in [9.17, 15) is 4.79 Å². The number of carbonyl (C=O) groups excluding carboxylic acids is 1. The Morgan fingerprint density at radius 1 is 0.889 bits per heavy atom. The molecule has 138 valence electrons. The van der Waals surface area contributed by atoms with Crippen LogP contribution in [-0.4, -0.2) is 29.0 Å². The zero-order valence-corrected chi connectivity index (χ0v) is 15.6. The van der Waals surface area contributed by atoms with Crippen molar-refractivity contribution in [2.24, 2.45) is 0 Å². The molecule has 6 heteroatoms. The topological polar surface area (TPSA) is 66.9 Å². The Hall–Kier alpha value is -2.92. The third kappa shape index (κ3) is 6.08. The summed E-state index contributed by atoms with van der Waals surface area (Å²) >= 11 is 5.99. The van der Waals surface area contributed by atoms with E-state index in [1.165, 1.54) is 11.9 Å². The second-order valence-electron chi connectivity index (χ2n) is 6.09. The van der Waals surface area contributed by atoms with Gasteiger partial charge in [-0.05, 0) is 36.1 Å². The van der Waals surface area contributed by atoms with Crippen LogP contribution in [0.15, 0.2) is 67.0 Å². The predicted molar refractivity (Wildman–Crippen MR) is 108 cm³/mol. The first-order valence-corrected chi connectivity index (χ1v) is 9.21. The molecule has 0 atom stereocenters. The summed E-state index contributed by atoms with van der Waals surface area (Å²) in [5.41, 5.74) is 2.68. The number of aromatic nitrogens is 2. The molecule has 0 radical (unpaired) electrons. The molecule has 0 saturated carbocycles.